The van der Waals surface area contributed by atoms with Gasteiger partial charge in [-0.3, -0.25) is 4.79 Å². The number of anilines is 1. The molecule has 1 aliphatic carbocycles. The maximum absolute atomic E-state index is 12.8. The molecule has 0 spiro atoms. The van der Waals surface area contributed by atoms with Crippen LogP contribution in [0.15, 0.2) is 23.4 Å². The Bertz CT molecular complexity index is 1220. The number of hydrogen-bond donors (Lipinski definition) is 1. The maximum Gasteiger partial charge on any atom is 0.341 e. The number of amides is 1. The zero-order chi connectivity index (χ0) is 24.2. The van der Waals surface area contributed by atoms with E-state index in [4.69, 9.17) is 21.1 Å². The number of nitrogens with one attached hydrogen (secondary N) is 1. The Kier molecular flexibility index (Phi) is 7.80. The van der Waals surface area contributed by atoms with E-state index in [1.807, 2.05) is 7.05 Å². The number of aryl methyl sites for hydroxylation is 1. The Morgan fingerprint density at radius 1 is 1.26 bits per heavy atom. The molecule has 1 N–H and O–H groups in total. The predicted octanol–water partition coefficient (Wildman–Crippen LogP) is 4.99. The van der Waals surface area contributed by atoms with Crippen LogP contribution in [0.5, 0.6) is 5.75 Å². The standard InChI is InChI=1S/C23H25ClN4O4S2/c1-4-32-22(30)19-14-7-5-6-8-17(14)34-21(19)25-18(29)12-33-23-27-26-20(28(23)2)15-11-13(24)9-10-16(15)31-3/h9-11H,4-8,12H2,1-3H3,(H,25,29). The fraction of sp³-hybridized carbons (Fsp3) is 0.391. The molecule has 2 heterocycles. The Labute approximate surface area is 211 Å². The Morgan fingerprint density at radius 3 is 2.82 bits per heavy atom. The molecule has 0 saturated carbocycles. The lowest BCUT2D eigenvalue weighted by Gasteiger charge is -2.12. The van der Waals surface area contributed by atoms with Crippen LogP contribution in [-0.2, 0) is 29.4 Å². The van der Waals surface area contributed by atoms with E-state index in [0.29, 0.717) is 44.5 Å². The number of fused-ring (bicyclic) bond motifs is 1. The van der Waals surface area contributed by atoms with Crippen LogP contribution in [0.4, 0.5) is 5.00 Å². The third-order valence-electron chi connectivity index (χ3n) is 5.47. The van der Waals surface area contributed by atoms with Gasteiger partial charge in [0.15, 0.2) is 11.0 Å². The molecule has 180 valence electrons. The van der Waals surface area contributed by atoms with Gasteiger partial charge in [0.05, 0.1) is 30.6 Å². The highest BCUT2D eigenvalue weighted by atomic mass is 35.5. The molecule has 1 aliphatic rings. The molecule has 0 fully saturated rings. The summed E-state index contributed by atoms with van der Waals surface area (Å²) in [6, 6.07) is 5.28. The molecule has 0 radical (unpaired) electrons. The summed E-state index contributed by atoms with van der Waals surface area (Å²) in [6.07, 6.45) is 3.88. The van der Waals surface area contributed by atoms with E-state index in [1.54, 1.807) is 36.8 Å². The van der Waals surface area contributed by atoms with Crippen molar-refractivity contribution in [3.05, 3.63) is 39.2 Å². The number of thioether (sulfide) groups is 1. The predicted molar refractivity (Wildman–Crippen MR) is 134 cm³/mol. The lowest BCUT2D eigenvalue weighted by atomic mass is 9.95. The minimum atomic E-state index is -0.377. The molecule has 3 aromatic rings. The minimum absolute atomic E-state index is 0.115. The number of rotatable bonds is 8. The first-order valence-electron chi connectivity index (χ1n) is 10.9. The lowest BCUT2D eigenvalue weighted by Crippen LogP contribution is -2.17. The van der Waals surface area contributed by atoms with Gasteiger partial charge in [-0.05, 0) is 56.4 Å². The second kappa shape index (κ2) is 10.8. The van der Waals surface area contributed by atoms with E-state index >= 15 is 0 Å². The van der Waals surface area contributed by atoms with Crippen LogP contribution in [0.2, 0.25) is 5.02 Å². The number of halogens is 1. The SMILES string of the molecule is CCOC(=O)c1c(NC(=O)CSc2nnc(-c3cc(Cl)ccc3OC)n2C)sc2c1CCCC2. The minimum Gasteiger partial charge on any atom is -0.496 e. The van der Waals surface area contributed by atoms with Crippen molar-refractivity contribution in [3.63, 3.8) is 0 Å². The Balaban J connectivity index is 1.48. The normalized spacial score (nSPS) is 12.8. The quantitative estimate of drug-likeness (QED) is 0.330. The zero-order valence-corrected chi connectivity index (χ0v) is 21.5. The van der Waals surface area contributed by atoms with Gasteiger partial charge in [0.2, 0.25) is 5.91 Å². The topological polar surface area (TPSA) is 95.3 Å². The van der Waals surface area contributed by atoms with E-state index in [1.165, 1.54) is 23.1 Å². The Morgan fingerprint density at radius 2 is 2.06 bits per heavy atom. The molecule has 0 aliphatic heterocycles. The summed E-state index contributed by atoms with van der Waals surface area (Å²) in [5.74, 6) is 0.723. The van der Waals surface area contributed by atoms with Gasteiger partial charge in [0, 0.05) is 16.9 Å². The summed E-state index contributed by atoms with van der Waals surface area (Å²) in [5.41, 5.74) is 2.24. The molecule has 8 nitrogen and oxygen atoms in total. The number of nitrogens with zero attached hydrogens (tertiary/aromatic N) is 3. The molecule has 0 unspecified atom stereocenters. The number of methoxy groups -OCH3 is 1. The van der Waals surface area contributed by atoms with E-state index in [9.17, 15) is 9.59 Å². The number of carbonyl (C=O) groups excluding carboxylic acids is 2. The highest BCUT2D eigenvalue weighted by molar-refractivity contribution is 7.99. The van der Waals surface area contributed by atoms with Gasteiger partial charge in [-0.15, -0.1) is 21.5 Å². The number of ether oxygens (including phenoxy) is 2. The van der Waals surface area contributed by atoms with Crippen molar-refractivity contribution in [1.82, 2.24) is 14.8 Å². The van der Waals surface area contributed by atoms with Crippen LogP contribution in [-0.4, -0.2) is 46.1 Å². The number of hydrogen-bond acceptors (Lipinski definition) is 8. The first-order valence-corrected chi connectivity index (χ1v) is 13.1. The van der Waals surface area contributed by atoms with Crippen LogP contribution in [0.1, 0.15) is 40.6 Å². The van der Waals surface area contributed by atoms with E-state index in [0.717, 1.165) is 36.1 Å². The van der Waals surface area contributed by atoms with E-state index in [2.05, 4.69) is 15.5 Å². The van der Waals surface area contributed by atoms with Crippen molar-refractivity contribution in [2.45, 2.75) is 37.8 Å². The average Bonchev–Trinajstić information content (AvgIpc) is 3.37. The van der Waals surface area contributed by atoms with Gasteiger partial charge in [0.1, 0.15) is 10.8 Å². The summed E-state index contributed by atoms with van der Waals surface area (Å²) in [6.45, 7) is 2.07. The van der Waals surface area contributed by atoms with Gasteiger partial charge in [-0.2, -0.15) is 0 Å². The third kappa shape index (κ3) is 5.08. The fourth-order valence-electron chi connectivity index (χ4n) is 3.90. The van der Waals surface area contributed by atoms with E-state index < -0.39 is 0 Å². The molecule has 4 rings (SSSR count). The number of benzene rings is 1. The van der Waals surface area contributed by atoms with Crippen molar-refractivity contribution in [3.8, 4) is 17.1 Å². The second-order valence-corrected chi connectivity index (χ2v) is 10.2. The van der Waals surface area contributed by atoms with Crippen LogP contribution < -0.4 is 10.1 Å². The molecule has 0 atom stereocenters. The van der Waals surface area contributed by atoms with Crippen molar-refractivity contribution < 1.29 is 19.1 Å². The van der Waals surface area contributed by atoms with Gasteiger partial charge in [-0.25, -0.2) is 4.79 Å². The monoisotopic (exact) mass is 520 g/mol. The zero-order valence-electron chi connectivity index (χ0n) is 19.1. The second-order valence-electron chi connectivity index (χ2n) is 7.68. The molecule has 0 bridgehead atoms. The van der Waals surface area contributed by atoms with Crippen LogP contribution in [0, 0.1) is 0 Å². The van der Waals surface area contributed by atoms with Crippen LogP contribution >= 0.6 is 34.7 Å². The molecule has 2 aromatic heterocycles. The van der Waals surface area contributed by atoms with Crippen LogP contribution in [0.25, 0.3) is 11.4 Å². The summed E-state index contributed by atoms with van der Waals surface area (Å²) in [4.78, 5) is 26.6. The number of thiophene rings is 1. The van der Waals surface area contributed by atoms with E-state index in [-0.39, 0.29) is 17.6 Å². The Hall–Kier alpha value is -2.56. The maximum atomic E-state index is 12.8. The van der Waals surface area contributed by atoms with Crippen molar-refractivity contribution in [2.75, 3.05) is 24.8 Å². The molecule has 1 amide bonds. The summed E-state index contributed by atoms with van der Waals surface area (Å²) >= 11 is 8.89. The largest absolute Gasteiger partial charge is 0.496 e. The smallest absolute Gasteiger partial charge is 0.341 e. The number of aromatic nitrogens is 3. The summed E-state index contributed by atoms with van der Waals surface area (Å²) in [5, 5.41) is 13.1. The molecule has 34 heavy (non-hydrogen) atoms. The molecule has 11 heteroatoms. The fourth-order valence-corrected chi connectivity index (χ4v) is 6.07. The summed E-state index contributed by atoms with van der Waals surface area (Å²) < 4.78 is 12.5. The van der Waals surface area contributed by atoms with Gasteiger partial charge in [0.25, 0.3) is 0 Å². The van der Waals surface area contributed by atoms with Crippen molar-refractivity contribution in [1.29, 1.82) is 0 Å². The van der Waals surface area contributed by atoms with Crippen LogP contribution in [0.3, 0.4) is 0 Å². The highest BCUT2D eigenvalue weighted by Crippen LogP contribution is 2.39. The average molecular weight is 521 g/mol. The number of esters is 1. The molecular weight excluding hydrogens is 496 g/mol. The number of carbonyl (C=O) groups is 2. The van der Waals surface area contributed by atoms with Gasteiger partial charge in [-0.1, -0.05) is 23.4 Å². The van der Waals surface area contributed by atoms with Gasteiger partial charge >= 0.3 is 5.97 Å². The molecule has 1 aromatic carbocycles. The molecule has 0 saturated heterocycles. The third-order valence-corrected chi connectivity index (χ3v) is 7.94. The first-order chi connectivity index (χ1) is 16.4. The lowest BCUT2D eigenvalue weighted by molar-refractivity contribution is -0.113. The highest BCUT2D eigenvalue weighted by Gasteiger charge is 2.27. The first kappa shape index (κ1) is 24.6. The summed E-state index contributed by atoms with van der Waals surface area (Å²) in [7, 11) is 3.40. The molecular formula is C23H25ClN4O4S2. The van der Waals surface area contributed by atoms with Crippen molar-refractivity contribution in [2.24, 2.45) is 7.05 Å². The van der Waals surface area contributed by atoms with Gasteiger partial charge < -0.3 is 19.4 Å². The van der Waals surface area contributed by atoms with Crippen molar-refractivity contribution >= 4 is 51.6 Å².